The summed E-state index contributed by atoms with van der Waals surface area (Å²) in [6.07, 6.45) is 4.22. The molecule has 2 aromatic carbocycles. The summed E-state index contributed by atoms with van der Waals surface area (Å²) in [6, 6.07) is 11.4. The molecule has 1 atom stereocenters. The van der Waals surface area contributed by atoms with Crippen molar-refractivity contribution in [2.24, 2.45) is 5.73 Å². The van der Waals surface area contributed by atoms with Crippen molar-refractivity contribution in [3.63, 3.8) is 0 Å². The van der Waals surface area contributed by atoms with Gasteiger partial charge in [0.1, 0.15) is 24.7 Å². The Bertz CT molecular complexity index is 1060. The molecule has 2 aliphatic heterocycles. The van der Waals surface area contributed by atoms with Gasteiger partial charge in [0, 0.05) is 17.3 Å². The topological polar surface area (TPSA) is 92.2 Å². The second-order valence-corrected chi connectivity index (χ2v) is 6.52. The quantitative estimate of drug-likeness (QED) is 0.722. The molecule has 3 aromatic rings. The van der Waals surface area contributed by atoms with E-state index in [0.29, 0.717) is 36.2 Å². The Morgan fingerprint density at radius 3 is 2.76 bits per heavy atom. The Morgan fingerprint density at radius 1 is 1.10 bits per heavy atom. The monoisotopic (exact) mass is 393 g/mol. The van der Waals surface area contributed by atoms with Gasteiger partial charge < -0.3 is 23.4 Å². The SMILES string of the molecule is COc1cc(N2C=C(c3ccc4c(c3)OCCO4)OC2N)ccc1-c1cnco1. The van der Waals surface area contributed by atoms with E-state index in [9.17, 15) is 0 Å². The summed E-state index contributed by atoms with van der Waals surface area (Å²) in [6.45, 7) is 1.08. The van der Waals surface area contributed by atoms with Crippen LogP contribution in [0.4, 0.5) is 5.69 Å². The van der Waals surface area contributed by atoms with Crippen LogP contribution in [0.15, 0.2) is 59.6 Å². The lowest BCUT2D eigenvalue weighted by atomic mass is 10.1. The lowest BCUT2D eigenvalue weighted by molar-refractivity contribution is 0.171. The minimum Gasteiger partial charge on any atom is -0.496 e. The molecule has 8 nitrogen and oxygen atoms in total. The van der Waals surface area contributed by atoms with E-state index < -0.39 is 6.35 Å². The van der Waals surface area contributed by atoms with E-state index in [0.717, 1.165) is 22.6 Å². The molecule has 0 saturated carbocycles. The fraction of sp³-hybridized carbons (Fsp3) is 0.190. The molecular formula is C21H19N3O5. The highest BCUT2D eigenvalue weighted by atomic mass is 16.6. The largest absolute Gasteiger partial charge is 0.496 e. The molecule has 0 amide bonds. The minimum atomic E-state index is -0.668. The number of oxazole rings is 1. The van der Waals surface area contributed by atoms with Crippen LogP contribution in [-0.2, 0) is 4.74 Å². The molecular weight excluding hydrogens is 374 g/mol. The van der Waals surface area contributed by atoms with Gasteiger partial charge in [0.25, 0.3) is 0 Å². The summed E-state index contributed by atoms with van der Waals surface area (Å²) >= 11 is 0. The Kier molecular flexibility index (Phi) is 4.25. The molecule has 148 valence electrons. The third-order valence-electron chi connectivity index (χ3n) is 4.79. The molecule has 0 saturated heterocycles. The number of ether oxygens (including phenoxy) is 4. The zero-order valence-corrected chi connectivity index (χ0v) is 15.7. The second kappa shape index (κ2) is 7.06. The summed E-state index contributed by atoms with van der Waals surface area (Å²) in [7, 11) is 1.61. The van der Waals surface area contributed by atoms with Crippen molar-refractivity contribution >= 4 is 11.4 Å². The number of rotatable bonds is 4. The summed E-state index contributed by atoms with van der Waals surface area (Å²) in [5, 5.41) is 0. The van der Waals surface area contributed by atoms with Crippen molar-refractivity contribution in [2.45, 2.75) is 6.35 Å². The maximum absolute atomic E-state index is 6.23. The molecule has 5 rings (SSSR count). The molecule has 0 spiro atoms. The predicted octanol–water partition coefficient (Wildman–Crippen LogP) is 3.20. The first-order valence-electron chi connectivity index (χ1n) is 9.12. The van der Waals surface area contributed by atoms with E-state index in [4.69, 9.17) is 29.1 Å². The molecule has 1 unspecified atom stereocenters. The standard InChI is InChI=1S/C21H19N3O5/c1-25-17-9-14(3-4-15(17)19-10-23-12-28-19)24-11-20(29-21(24)22)13-2-5-16-18(8-13)27-7-6-26-16/h2-5,8-12,21H,6-7,22H2,1H3. The van der Waals surface area contributed by atoms with Crippen LogP contribution in [0, 0.1) is 0 Å². The first-order valence-corrected chi connectivity index (χ1v) is 9.12. The Balaban J connectivity index is 1.46. The van der Waals surface area contributed by atoms with Crippen LogP contribution in [0.5, 0.6) is 17.2 Å². The van der Waals surface area contributed by atoms with Gasteiger partial charge in [-0.1, -0.05) is 0 Å². The van der Waals surface area contributed by atoms with Crippen LogP contribution < -0.4 is 24.8 Å². The van der Waals surface area contributed by atoms with E-state index in [1.54, 1.807) is 13.3 Å². The molecule has 8 heteroatoms. The highest BCUT2D eigenvalue weighted by Gasteiger charge is 2.26. The zero-order valence-electron chi connectivity index (χ0n) is 15.7. The van der Waals surface area contributed by atoms with Crippen LogP contribution in [0.25, 0.3) is 17.1 Å². The van der Waals surface area contributed by atoms with Gasteiger partial charge in [0.15, 0.2) is 23.7 Å². The third-order valence-corrected chi connectivity index (χ3v) is 4.79. The van der Waals surface area contributed by atoms with Crippen molar-refractivity contribution < 1.29 is 23.4 Å². The number of hydrogen-bond donors (Lipinski definition) is 1. The molecule has 0 radical (unpaired) electrons. The van der Waals surface area contributed by atoms with Crippen LogP contribution in [0.1, 0.15) is 5.56 Å². The first-order chi connectivity index (χ1) is 14.2. The number of nitrogens with two attached hydrogens (primary N) is 1. The fourth-order valence-electron chi connectivity index (χ4n) is 3.37. The Hall–Kier alpha value is -3.65. The maximum atomic E-state index is 6.23. The molecule has 2 N–H and O–H groups in total. The highest BCUT2D eigenvalue weighted by Crippen LogP contribution is 2.38. The van der Waals surface area contributed by atoms with Crippen molar-refractivity contribution in [1.29, 1.82) is 0 Å². The van der Waals surface area contributed by atoms with Gasteiger partial charge in [-0.05, 0) is 30.3 Å². The van der Waals surface area contributed by atoms with Crippen molar-refractivity contribution in [1.82, 2.24) is 4.98 Å². The minimum absolute atomic E-state index is 0.527. The normalized spacial score (nSPS) is 17.7. The Morgan fingerprint density at radius 2 is 1.97 bits per heavy atom. The van der Waals surface area contributed by atoms with Crippen LogP contribution in [0.3, 0.4) is 0 Å². The average Bonchev–Trinajstić information content (AvgIpc) is 3.43. The van der Waals surface area contributed by atoms with Crippen molar-refractivity contribution in [3.05, 3.63) is 60.8 Å². The third kappa shape index (κ3) is 3.13. The zero-order chi connectivity index (χ0) is 19.8. The maximum Gasteiger partial charge on any atom is 0.231 e. The number of hydrogen-bond acceptors (Lipinski definition) is 8. The summed E-state index contributed by atoms with van der Waals surface area (Å²) < 4.78 is 28.0. The first kappa shape index (κ1) is 17.4. The molecule has 29 heavy (non-hydrogen) atoms. The molecule has 0 bridgehead atoms. The van der Waals surface area contributed by atoms with Gasteiger partial charge >= 0.3 is 0 Å². The van der Waals surface area contributed by atoms with Gasteiger partial charge in [-0.15, -0.1) is 0 Å². The average molecular weight is 393 g/mol. The van der Waals surface area contributed by atoms with Gasteiger partial charge in [-0.2, -0.15) is 0 Å². The molecule has 3 heterocycles. The number of anilines is 1. The fourth-order valence-corrected chi connectivity index (χ4v) is 3.37. The van der Waals surface area contributed by atoms with Gasteiger partial charge in [-0.25, -0.2) is 4.98 Å². The second-order valence-electron chi connectivity index (χ2n) is 6.52. The van der Waals surface area contributed by atoms with Crippen LogP contribution >= 0.6 is 0 Å². The molecule has 2 aliphatic rings. The van der Waals surface area contributed by atoms with E-state index in [-0.39, 0.29) is 0 Å². The molecule has 0 fully saturated rings. The summed E-state index contributed by atoms with van der Waals surface area (Å²) in [4.78, 5) is 5.79. The van der Waals surface area contributed by atoms with Gasteiger partial charge in [0.2, 0.25) is 6.35 Å². The van der Waals surface area contributed by atoms with Crippen LogP contribution in [0.2, 0.25) is 0 Å². The smallest absolute Gasteiger partial charge is 0.231 e. The number of fused-ring (bicyclic) bond motifs is 1. The Labute approximate surface area is 167 Å². The molecule has 0 aliphatic carbocycles. The predicted molar refractivity (Wildman–Crippen MR) is 105 cm³/mol. The van der Waals surface area contributed by atoms with E-state index in [2.05, 4.69) is 4.98 Å². The lowest BCUT2D eigenvalue weighted by Gasteiger charge is -2.21. The van der Waals surface area contributed by atoms with Gasteiger partial charge in [0.05, 0.1) is 25.1 Å². The summed E-state index contributed by atoms with van der Waals surface area (Å²) in [5.41, 5.74) is 8.71. The lowest BCUT2D eigenvalue weighted by Crippen LogP contribution is -2.36. The van der Waals surface area contributed by atoms with E-state index in [1.807, 2.05) is 47.5 Å². The number of nitrogens with zero attached hydrogens (tertiary/aromatic N) is 2. The highest BCUT2D eigenvalue weighted by molar-refractivity contribution is 5.74. The number of methoxy groups -OCH3 is 1. The van der Waals surface area contributed by atoms with Gasteiger partial charge in [-0.3, -0.25) is 10.6 Å². The van der Waals surface area contributed by atoms with E-state index >= 15 is 0 Å². The van der Waals surface area contributed by atoms with Crippen LogP contribution in [-0.4, -0.2) is 31.7 Å². The van der Waals surface area contributed by atoms with E-state index in [1.165, 1.54) is 6.39 Å². The number of aromatic nitrogens is 1. The molecule has 1 aromatic heterocycles. The van der Waals surface area contributed by atoms with Crippen molar-refractivity contribution in [3.8, 4) is 28.6 Å². The number of benzene rings is 2. The van der Waals surface area contributed by atoms with Crippen molar-refractivity contribution in [2.75, 3.05) is 25.2 Å². The summed E-state index contributed by atoms with van der Waals surface area (Å²) in [5.74, 6) is 3.35.